The Labute approximate surface area is 76.9 Å². The van der Waals surface area contributed by atoms with Gasteiger partial charge in [-0.15, -0.1) is 12.4 Å². The summed E-state index contributed by atoms with van der Waals surface area (Å²) in [5.74, 6) is 0. The second-order valence-corrected chi connectivity index (χ2v) is 2.94. The van der Waals surface area contributed by atoms with E-state index in [0.29, 0.717) is 0 Å². The Kier molecular flexibility index (Phi) is 10.4. The van der Waals surface area contributed by atoms with Crippen LogP contribution >= 0.6 is 12.4 Å². The minimum absolute atomic E-state index is 0. The van der Waals surface area contributed by atoms with Crippen LogP contribution in [0.5, 0.6) is 0 Å². The van der Waals surface area contributed by atoms with Gasteiger partial charge in [0.05, 0.1) is 0 Å². The average Bonchev–Trinajstić information content (AvgIpc) is 1.88. The molecule has 70 valence electrons. The standard InChI is InChI=1S/C8H20N2.ClH/c1-5-6-7-8-10(4)9(2)3;/h5-8H2,1-4H3;1H. The Bertz CT molecular complexity index is 76.5. The van der Waals surface area contributed by atoms with Gasteiger partial charge < -0.3 is 0 Å². The number of hydrogen-bond donors (Lipinski definition) is 0. The molecule has 0 spiro atoms. The van der Waals surface area contributed by atoms with E-state index < -0.39 is 0 Å². The fourth-order valence-corrected chi connectivity index (χ4v) is 0.791. The van der Waals surface area contributed by atoms with Gasteiger partial charge in [0.1, 0.15) is 0 Å². The summed E-state index contributed by atoms with van der Waals surface area (Å²) in [6.07, 6.45) is 3.96. The molecule has 0 N–H and O–H groups in total. The summed E-state index contributed by atoms with van der Waals surface area (Å²) >= 11 is 0. The Morgan fingerprint density at radius 1 is 1.00 bits per heavy atom. The van der Waals surface area contributed by atoms with Crippen LogP contribution < -0.4 is 0 Å². The monoisotopic (exact) mass is 180 g/mol. The molecule has 0 amide bonds. The van der Waals surface area contributed by atoms with E-state index in [0.717, 1.165) is 0 Å². The van der Waals surface area contributed by atoms with E-state index in [1.54, 1.807) is 0 Å². The quantitative estimate of drug-likeness (QED) is 0.472. The van der Waals surface area contributed by atoms with E-state index in [-0.39, 0.29) is 12.4 Å². The van der Waals surface area contributed by atoms with Crippen LogP contribution in [0.25, 0.3) is 0 Å². The third-order valence-corrected chi connectivity index (χ3v) is 1.77. The van der Waals surface area contributed by atoms with Crippen molar-refractivity contribution in [2.24, 2.45) is 0 Å². The van der Waals surface area contributed by atoms with Crippen molar-refractivity contribution in [1.82, 2.24) is 10.0 Å². The van der Waals surface area contributed by atoms with Gasteiger partial charge in [-0.3, -0.25) is 0 Å². The average molecular weight is 181 g/mol. The molecule has 3 heteroatoms. The van der Waals surface area contributed by atoms with E-state index in [1.165, 1.54) is 25.8 Å². The van der Waals surface area contributed by atoms with Crippen LogP contribution in [0.4, 0.5) is 0 Å². The van der Waals surface area contributed by atoms with Crippen LogP contribution in [0.15, 0.2) is 0 Å². The van der Waals surface area contributed by atoms with Crippen molar-refractivity contribution in [2.75, 3.05) is 27.7 Å². The molecule has 0 rings (SSSR count). The summed E-state index contributed by atoms with van der Waals surface area (Å²) in [6, 6.07) is 0. The number of halogens is 1. The fourth-order valence-electron chi connectivity index (χ4n) is 0.791. The minimum atomic E-state index is 0. The molecule has 0 aliphatic heterocycles. The van der Waals surface area contributed by atoms with Gasteiger partial charge in [-0.25, -0.2) is 10.0 Å². The van der Waals surface area contributed by atoms with Gasteiger partial charge in [-0.05, 0) is 6.42 Å². The third kappa shape index (κ3) is 8.11. The van der Waals surface area contributed by atoms with Crippen LogP contribution in [-0.2, 0) is 0 Å². The highest BCUT2D eigenvalue weighted by atomic mass is 35.5. The number of hydrogen-bond acceptors (Lipinski definition) is 2. The molecule has 0 aromatic heterocycles. The normalized spacial score (nSPS) is 10.4. The van der Waals surface area contributed by atoms with Crippen molar-refractivity contribution in [1.29, 1.82) is 0 Å². The third-order valence-electron chi connectivity index (χ3n) is 1.77. The molecule has 11 heavy (non-hydrogen) atoms. The summed E-state index contributed by atoms with van der Waals surface area (Å²) in [5.41, 5.74) is 0. The van der Waals surface area contributed by atoms with Crippen molar-refractivity contribution >= 4 is 12.4 Å². The van der Waals surface area contributed by atoms with Crippen LogP contribution in [0.2, 0.25) is 0 Å². The highest BCUT2D eigenvalue weighted by molar-refractivity contribution is 5.85. The van der Waals surface area contributed by atoms with Gasteiger partial charge in [0.2, 0.25) is 0 Å². The van der Waals surface area contributed by atoms with E-state index in [1.807, 2.05) is 0 Å². The van der Waals surface area contributed by atoms with Crippen LogP contribution in [0.3, 0.4) is 0 Å². The predicted molar refractivity (Wildman–Crippen MR) is 53.1 cm³/mol. The molecular weight excluding hydrogens is 160 g/mol. The molecule has 0 bridgehead atoms. The Balaban J connectivity index is 0. The summed E-state index contributed by atoms with van der Waals surface area (Å²) < 4.78 is 0. The smallest absolute Gasteiger partial charge is 0.0130 e. The Hall–Kier alpha value is 0.210. The van der Waals surface area contributed by atoms with E-state index in [4.69, 9.17) is 0 Å². The molecule has 0 atom stereocenters. The molecule has 0 aliphatic carbocycles. The molecular formula is C8H21ClN2. The molecule has 0 saturated carbocycles. The molecule has 0 fully saturated rings. The second-order valence-electron chi connectivity index (χ2n) is 2.94. The van der Waals surface area contributed by atoms with Crippen molar-refractivity contribution in [3.8, 4) is 0 Å². The summed E-state index contributed by atoms with van der Waals surface area (Å²) in [6.45, 7) is 3.41. The molecule has 0 saturated heterocycles. The number of hydrazine groups is 1. The molecule has 0 radical (unpaired) electrons. The van der Waals surface area contributed by atoms with Crippen LogP contribution in [-0.4, -0.2) is 37.7 Å². The first-order valence-electron chi connectivity index (χ1n) is 4.06. The number of rotatable bonds is 5. The maximum Gasteiger partial charge on any atom is 0.0130 e. The molecule has 0 heterocycles. The number of nitrogens with zero attached hydrogens (tertiary/aromatic N) is 2. The van der Waals surface area contributed by atoms with Gasteiger partial charge in [-0.2, -0.15) is 0 Å². The van der Waals surface area contributed by atoms with Crippen LogP contribution in [0.1, 0.15) is 26.2 Å². The summed E-state index contributed by atoms with van der Waals surface area (Å²) in [7, 11) is 6.27. The van der Waals surface area contributed by atoms with Crippen LogP contribution in [0, 0.1) is 0 Å². The zero-order valence-corrected chi connectivity index (χ0v) is 8.95. The molecule has 0 aromatic rings. The Morgan fingerprint density at radius 2 is 1.55 bits per heavy atom. The van der Waals surface area contributed by atoms with Crippen molar-refractivity contribution in [2.45, 2.75) is 26.2 Å². The summed E-state index contributed by atoms with van der Waals surface area (Å²) in [4.78, 5) is 0. The second kappa shape index (κ2) is 8.31. The largest absolute Gasteiger partial charge is 0.248 e. The molecule has 0 unspecified atom stereocenters. The fraction of sp³-hybridized carbons (Fsp3) is 1.00. The van der Waals surface area contributed by atoms with Crippen molar-refractivity contribution in [3.05, 3.63) is 0 Å². The molecule has 2 nitrogen and oxygen atoms in total. The predicted octanol–water partition coefficient (Wildman–Crippen LogP) is 2.01. The first kappa shape index (κ1) is 13.8. The van der Waals surface area contributed by atoms with Crippen molar-refractivity contribution in [3.63, 3.8) is 0 Å². The lowest BCUT2D eigenvalue weighted by atomic mass is 10.2. The highest BCUT2D eigenvalue weighted by Crippen LogP contribution is 1.96. The first-order chi connectivity index (χ1) is 4.68. The SMILES string of the molecule is CCCCCN(C)N(C)C.Cl. The van der Waals surface area contributed by atoms with Gasteiger partial charge in [0, 0.05) is 27.7 Å². The maximum absolute atomic E-state index is 2.23. The number of unbranched alkanes of at least 4 members (excludes halogenated alkanes) is 2. The minimum Gasteiger partial charge on any atom is -0.248 e. The lowest BCUT2D eigenvalue weighted by molar-refractivity contribution is 0.0545. The Morgan fingerprint density at radius 3 is 1.91 bits per heavy atom. The first-order valence-corrected chi connectivity index (χ1v) is 4.06. The zero-order chi connectivity index (χ0) is 7.98. The highest BCUT2D eigenvalue weighted by Gasteiger charge is 1.97. The van der Waals surface area contributed by atoms with Gasteiger partial charge in [-0.1, -0.05) is 19.8 Å². The molecule has 0 aromatic carbocycles. The summed E-state index contributed by atoms with van der Waals surface area (Å²) in [5, 5.41) is 4.35. The lowest BCUT2D eigenvalue weighted by Crippen LogP contribution is -2.33. The van der Waals surface area contributed by atoms with Gasteiger partial charge >= 0.3 is 0 Å². The van der Waals surface area contributed by atoms with Crippen molar-refractivity contribution < 1.29 is 0 Å². The molecule has 0 aliphatic rings. The lowest BCUT2D eigenvalue weighted by Gasteiger charge is -2.23. The topological polar surface area (TPSA) is 6.48 Å². The van der Waals surface area contributed by atoms with E-state index in [2.05, 4.69) is 38.1 Å². The van der Waals surface area contributed by atoms with E-state index >= 15 is 0 Å². The van der Waals surface area contributed by atoms with E-state index in [9.17, 15) is 0 Å². The zero-order valence-electron chi connectivity index (χ0n) is 8.13. The maximum atomic E-state index is 2.23. The van der Waals surface area contributed by atoms with Gasteiger partial charge in [0.15, 0.2) is 0 Å². The van der Waals surface area contributed by atoms with Gasteiger partial charge in [0.25, 0.3) is 0 Å².